The van der Waals surface area contributed by atoms with Crippen molar-refractivity contribution < 1.29 is 24.2 Å². The van der Waals surface area contributed by atoms with Crippen molar-refractivity contribution in [3.8, 4) is 11.8 Å². The van der Waals surface area contributed by atoms with E-state index in [1.807, 2.05) is 0 Å². The van der Waals surface area contributed by atoms with Crippen LogP contribution in [0.2, 0.25) is 0 Å². The molecule has 16 aliphatic rings. The fourth-order valence-electron chi connectivity index (χ4n) is 23.4. The smallest absolute Gasteiger partial charge is 0.339 e. The minimum atomic E-state index is -1.19. The number of hydrogen-bond acceptors (Lipinski definition) is 8. The van der Waals surface area contributed by atoms with Gasteiger partial charge in [0.2, 0.25) is 0 Å². The molecule has 8 heteroatoms. The van der Waals surface area contributed by atoms with Crippen LogP contribution in [-0.4, -0.2) is 64.6 Å². The second-order valence-electron chi connectivity index (χ2n) is 27.4. The fourth-order valence-corrected chi connectivity index (χ4v) is 23.4. The maximum absolute atomic E-state index is 16.6. The number of ether oxygens (including phenoxy) is 2. The molecule has 1 aromatic carbocycles. The van der Waals surface area contributed by atoms with Crippen molar-refractivity contribution in [3.05, 3.63) is 80.5 Å². The van der Waals surface area contributed by atoms with Crippen molar-refractivity contribution >= 4 is 11.9 Å². The number of hydrogen-bond donors (Lipinski definition) is 2. The molecule has 5 saturated heterocycles. The van der Waals surface area contributed by atoms with Crippen LogP contribution in [-0.2, 0) is 32.7 Å². The Labute approximate surface area is 414 Å². The molecule has 4 saturated carbocycles. The first-order chi connectivity index (χ1) is 34.1. The first-order valence-electron chi connectivity index (χ1n) is 29.0. The molecule has 366 valence electrons. The van der Waals surface area contributed by atoms with E-state index >= 15 is 9.59 Å². The molecule has 0 radical (unpaired) electrons. The lowest BCUT2D eigenvalue weighted by Crippen LogP contribution is -2.78. The number of carbonyl (C=O) groups is 2. The van der Waals surface area contributed by atoms with Gasteiger partial charge in [-0.1, -0.05) is 74.0 Å². The second kappa shape index (κ2) is 13.5. The van der Waals surface area contributed by atoms with Gasteiger partial charge in [-0.3, -0.25) is 9.69 Å². The topological polar surface area (TPSA) is 105 Å². The zero-order valence-electron chi connectivity index (χ0n) is 41.7. The monoisotopic (exact) mass is 940 g/mol. The van der Waals surface area contributed by atoms with Crippen LogP contribution in [0.25, 0.3) is 0 Å². The third kappa shape index (κ3) is 4.44. The van der Waals surface area contributed by atoms with E-state index in [4.69, 9.17) is 15.2 Å². The molecule has 9 fully saturated rings. The maximum Gasteiger partial charge on any atom is 0.339 e. The van der Waals surface area contributed by atoms with Gasteiger partial charge in [0.25, 0.3) is 0 Å². The number of nitrogens with two attached hydrogens (primary N) is 1. The lowest BCUT2D eigenvalue weighted by atomic mass is 9.27. The van der Waals surface area contributed by atoms with Crippen LogP contribution in [0.15, 0.2) is 58.2 Å². The lowest BCUT2D eigenvalue weighted by Gasteiger charge is -2.73. The molecule has 0 amide bonds. The number of carbonyl (C=O) groups excluding carboxylic acids is 2. The molecule has 18 atom stereocenters. The zero-order chi connectivity index (χ0) is 46.6. The summed E-state index contributed by atoms with van der Waals surface area (Å²) in [4.78, 5) is 38.2. The van der Waals surface area contributed by atoms with Crippen molar-refractivity contribution in [2.24, 2.45) is 92.5 Å². The van der Waals surface area contributed by atoms with Crippen molar-refractivity contribution in [2.45, 2.75) is 166 Å². The summed E-state index contributed by atoms with van der Waals surface area (Å²) in [5.41, 5.74) is 13.3. The minimum absolute atomic E-state index is 0.0530. The average molecular weight is 940 g/mol. The number of aliphatic hydroxyl groups excluding tert-OH is 1. The summed E-state index contributed by atoms with van der Waals surface area (Å²) in [5.74, 6) is 10.8. The number of rotatable bonds is 3. The van der Waals surface area contributed by atoms with Gasteiger partial charge in [0.15, 0.2) is 11.4 Å². The molecule has 9 aliphatic carbocycles. The number of nitrogens with zero attached hydrogens (tertiary/aromatic N) is 2. The van der Waals surface area contributed by atoms with Crippen LogP contribution >= 0.6 is 0 Å². The van der Waals surface area contributed by atoms with Gasteiger partial charge < -0.3 is 25.2 Å². The number of esters is 2. The van der Waals surface area contributed by atoms with Gasteiger partial charge >= 0.3 is 11.9 Å². The van der Waals surface area contributed by atoms with Gasteiger partial charge in [0.05, 0.1) is 11.0 Å². The Morgan fingerprint density at radius 1 is 0.943 bits per heavy atom. The summed E-state index contributed by atoms with van der Waals surface area (Å²) in [6.45, 7) is 7.65. The molecule has 0 aromatic heterocycles. The number of piperidine rings is 3. The summed E-state index contributed by atoms with van der Waals surface area (Å²) in [5, 5.41) is 14.5. The largest absolute Gasteiger partial charge is 0.508 e. The van der Waals surface area contributed by atoms with E-state index in [0.717, 1.165) is 55.5 Å². The summed E-state index contributed by atoms with van der Waals surface area (Å²) < 4.78 is 14.9. The first-order valence-corrected chi connectivity index (χ1v) is 29.0. The van der Waals surface area contributed by atoms with Gasteiger partial charge in [0, 0.05) is 72.6 Å². The summed E-state index contributed by atoms with van der Waals surface area (Å²) in [6.07, 6.45) is 26.6. The first kappa shape index (κ1) is 41.6. The molecule has 18 unspecified atom stereocenters. The van der Waals surface area contributed by atoms with Gasteiger partial charge in [-0.2, -0.15) is 0 Å². The lowest BCUT2D eigenvalue weighted by molar-refractivity contribution is -0.282. The summed E-state index contributed by atoms with van der Waals surface area (Å²) in [7, 11) is 0. The van der Waals surface area contributed by atoms with Gasteiger partial charge in [-0.25, -0.2) is 4.79 Å². The highest BCUT2D eigenvalue weighted by Crippen LogP contribution is 2.89. The SMILES string of the molecule is CC1C=CC2CC3C(C)CC4=C5C3C3=C2C26C(=O)OC7=C(O)C8C(C#CCc9ccc(CCCN)c%10c9C(OC%10=O)(C2C1)C76CC3)C1CCC2(CCC3(CCCC3)C2)C8N2CC3CC(CN5C3CC4)C12. The highest BCUT2D eigenvalue weighted by molar-refractivity contribution is 6.01. The Kier molecular flexibility index (Phi) is 8.02. The van der Waals surface area contributed by atoms with E-state index in [0.29, 0.717) is 96.4 Å². The highest BCUT2D eigenvalue weighted by Gasteiger charge is 2.94. The predicted octanol–water partition coefficient (Wildman–Crippen LogP) is 10.2. The molecule has 70 heavy (non-hydrogen) atoms. The molecule has 1 aromatic rings. The van der Waals surface area contributed by atoms with Gasteiger partial charge in [0.1, 0.15) is 11.2 Å². The average Bonchev–Trinajstić information content (AvgIpc) is 4.09. The van der Waals surface area contributed by atoms with E-state index in [1.54, 1.807) is 11.3 Å². The molecular weight excluding hydrogens is 867 g/mol. The summed E-state index contributed by atoms with van der Waals surface area (Å²) >= 11 is 0. The number of aliphatic hydroxyl groups is 1. The molecule has 7 heterocycles. The Hall–Kier alpha value is -3.80. The minimum Gasteiger partial charge on any atom is -0.508 e. The van der Waals surface area contributed by atoms with Crippen molar-refractivity contribution in [1.29, 1.82) is 0 Å². The van der Waals surface area contributed by atoms with Gasteiger partial charge in [-0.15, -0.1) is 0 Å². The predicted molar refractivity (Wildman–Crippen MR) is 264 cm³/mol. The van der Waals surface area contributed by atoms with E-state index in [1.165, 1.54) is 88.2 Å². The Morgan fingerprint density at radius 2 is 1.83 bits per heavy atom. The summed E-state index contributed by atoms with van der Waals surface area (Å²) in [6, 6.07) is 5.50. The quantitative estimate of drug-likeness (QED) is 0.175. The maximum atomic E-state index is 16.6. The van der Waals surface area contributed by atoms with Crippen molar-refractivity contribution in [2.75, 3.05) is 19.6 Å². The van der Waals surface area contributed by atoms with Crippen LogP contribution < -0.4 is 5.73 Å². The van der Waals surface area contributed by atoms with Crippen LogP contribution in [0.1, 0.15) is 156 Å². The van der Waals surface area contributed by atoms with Crippen molar-refractivity contribution in [3.63, 3.8) is 0 Å². The van der Waals surface area contributed by atoms with Crippen LogP contribution in [0, 0.1) is 98.6 Å². The van der Waals surface area contributed by atoms with Crippen LogP contribution in [0.5, 0.6) is 0 Å². The molecule has 8 nitrogen and oxygen atoms in total. The Bertz CT molecular complexity index is 2840. The van der Waals surface area contributed by atoms with E-state index in [9.17, 15) is 5.11 Å². The number of aryl methyl sites for hydroxylation is 1. The molecule has 7 aliphatic heterocycles. The number of benzene rings is 1. The normalized spacial score (nSPS) is 49.3. The van der Waals surface area contributed by atoms with Gasteiger partial charge in [-0.05, 0) is 185 Å². The third-order valence-corrected chi connectivity index (χ3v) is 25.1. The molecule has 17 rings (SSSR count). The molecule has 4 bridgehead atoms. The highest BCUT2D eigenvalue weighted by atomic mass is 16.6. The Balaban J connectivity index is 1.02. The van der Waals surface area contributed by atoms with E-state index in [-0.39, 0.29) is 58.9 Å². The second-order valence-corrected chi connectivity index (χ2v) is 27.4. The zero-order valence-corrected chi connectivity index (χ0v) is 41.7. The molecule has 3 N–H and O–H groups in total. The third-order valence-electron chi connectivity index (χ3n) is 25.1. The molecule has 5 spiro atoms. The Morgan fingerprint density at radius 3 is 2.70 bits per heavy atom. The number of fused-ring (bicyclic) bond motifs is 9. The van der Waals surface area contributed by atoms with E-state index in [2.05, 4.69) is 59.8 Å². The molecular formula is C62H73N3O5. The van der Waals surface area contributed by atoms with E-state index < -0.39 is 16.4 Å². The van der Waals surface area contributed by atoms with Crippen molar-refractivity contribution in [1.82, 2.24) is 9.80 Å². The standard InChI is InChI=1S/C62H73N3O5/c1-32-10-11-36-28-43-33(2)26-37-14-15-44-38-27-39-30-64(44)52(37)47(43)42-17-21-60-55-53(66)48-40(41-16-20-59(54(48)65(29-38)51(39)41)23-22-58(31-59)18-3-4-19-58)9-5-7-35-13-12-34(8-6-24-63)46-50(35)62(60,70-56(46)67)45(25-32)61(60,49(36)42)57(68)69-55/h10-13,32-33,36,38-41,43-45,47-48,51,54,66H,3-4,6-8,14-31,63H2,1-2H3. The van der Waals surface area contributed by atoms with Crippen LogP contribution in [0.4, 0.5) is 0 Å². The number of allylic oxidation sites excluding steroid dienone is 4. The van der Waals surface area contributed by atoms with Crippen LogP contribution in [0.3, 0.4) is 0 Å². The fraction of sp³-hybridized carbons (Fsp3) is 0.710.